The number of nitrogens with zero attached hydrogens (tertiary/aromatic N) is 6. The van der Waals surface area contributed by atoms with E-state index in [4.69, 9.17) is 4.52 Å². The second-order valence-corrected chi connectivity index (χ2v) is 6.83. The van der Waals surface area contributed by atoms with Crippen molar-refractivity contribution in [1.82, 2.24) is 20.3 Å². The van der Waals surface area contributed by atoms with E-state index >= 15 is 0 Å². The Balaban J connectivity index is 1.39. The van der Waals surface area contributed by atoms with Crippen LogP contribution in [0.25, 0.3) is 0 Å². The first kappa shape index (κ1) is 15.9. The molecule has 1 amide bonds. The van der Waals surface area contributed by atoms with Gasteiger partial charge in [-0.15, -0.1) is 5.10 Å². The van der Waals surface area contributed by atoms with Gasteiger partial charge in [-0.2, -0.15) is 5.10 Å². The predicted octanol–water partition coefficient (Wildman–Crippen LogP) is 1.37. The Morgan fingerprint density at radius 3 is 2.64 bits per heavy atom. The summed E-state index contributed by atoms with van der Waals surface area (Å²) in [5.41, 5.74) is 1.43. The topological polar surface area (TPSA) is 78.6 Å². The Morgan fingerprint density at radius 1 is 1.20 bits per heavy atom. The third-order valence-electron chi connectivity index (χ3n) is 4.76. The highest BCUT2D eigenvalue weighted by atomic mass is 16.5. The van der Waals surface area contributed by atoms with Crippen LogP contribution in [-0.4, -0.2) is 66.4 Å². The maximum atomic E-state index is 12.6. The lowest BCUT2D eigenvalue weighted by atomic mass is 10.2. The number of rotatable bonds is 4. The van der Waals surface area contributed by atoms with Gasteiger partial charge in [0.2, 0.25) is 0 Å². The number of hydrogen-bond donors (Lipinski definition) is 0. The van der Waals surface area contributed by atoms with E-state index in [2.05, 4.69) is 20.3 Å². The molecule has 0 N–H and O–H groups in total. The minimum Gasteiger partial charge on any atom is -0.376 e. The third kappa shape index (κ3) is 3.29. The minimum absolute atomic E-state index is 0.0524. The van der Waals surface area contributed by atoms with Crippen LogP contribution in [0.5, 0.6) is 0 Å². The standard InChI is InChI=1S/C17H22N6O2/c1-21(2)13-9-16(19-18-11-13)22-5-7-23(8-6-22)17(24)14-10-15(25-20-14)12-3-4-12/h9-12H,3-8H2,1-2H3. The molecule has 0 bridgehead atoms. The number of carbonyl (C=O) groups is 1. The number of hydrogen-bond acceptors (Lipinski definition) is 7. The Hall–Kier alpha value is -2.64. The van der Waals surface area contributed by atoms with Crippen LogP contribution < -0.4 is 9.80 Å². The molecule has 0 radical (unpaired) electrons. The molecule has 1 saturated heterocycles. The smallest absolute Gasteiger partial charge is 0.276 e. The van der Waals surface area contributed by atoms with Gasteiger partial charge in [-0.3, -0.25) is 4.79 Å². The Morgan fingerprint density at radius 2 is 1.96 bits per heavy atom. The minimum atomic E-state index is -0.0524. The van der Waals surface area contributed by atoms with Gasteiger partial charge in [0.25, 0.3) is 5.91 Å². The van der Waals surface area contributed by atoms with Gasteiger partial charge in [0.15, 0.2) is 11.5 Å². The quantitative estimate of drug-likeness (QED) is 0.830. The Bertz CT molecular complexity index is 762. The van der Waals surface area contributed by atoms with Gasteiger partial charge >= 0.3 is 0 Å². The summed E-state index contributed by atoms with van der Waals surface area (Å²) in [4.78, 5) is 18.6. The van der Waals surface area contributed by atoms with E-state index in [9.17, 15) is 4.79 Å². The average Bonchev–Trinajstić information content (AvgIpc) is 3.38. The van der Waals surface area contributed by atoms with Crippen LogP contribution in [0, 0.1) is 0 Å². The summed E-state index contributed by atoms with van der Waals surface area (Å²) in [6.45, 7) is 2.73. The Kier molecular flexibility index (Phi) is 4.03. The zero-order chi connectivity index (χ0) is 17.4. The molecule has 1 aliphatic carbocycles. The summed E-state index contributed by atoms with van der Waals surface area (Å²) in [5.74, 6) is 2.10. The number of piperazine rings is 1. The molecule has 0 aromatic carbocycles. The van der Waals surface area contributed by atoms with E-state index in [1.54, 1.807) is 12.3 Å². The molecule has 2 fully saturated rings. The summed E-state index contributed by atoms with van der Waals surface area (Å²) in [5, 5.41) is 12.2. The summed E-state index contributed by atoms with van der Waals surface area (Å²) in [7, 11) is 3.95. The summed E-state index contributed by atoms with van der Waals surface area (Å²) < 4.78 is 5.30. The molecule has 8 heteroatoms. The number of carbonyl (C=O) groups excluding carboxylic acids is 1. The molecule has 8 nitrogen and oxygen atoms in total. The molecular weight excluding hydrogens is 320 g/mol. The Labute approximate surface area is 146 Å². The summed E-state index contributed by atoms with van der Waals surface area (Å²) >= 11 is 0. The highest BCUT2D eigenvalue weighted by Gasteiger charge is 2.30. The molecule has 2 aromatic rings. The first-order chi connectivity index (χ1) is 12.1. The van der Waals surface area contributed by atoms with Crippen molar-refractivity contribution < 1.29 is 9.32 Å². The van der Waals surface area contributed by atoms with E-state index in [1.165, 1.54) is 0 Å². The van der Waals surface area contributed by atoms with Crippen molar-refractivity contribution in [1.29, 1.82) is 0 Å². The lowest BCUT2D eigenvalue weighted by Gasteiger charge is -2.35. The molecule has 3 heterocycles. The first-order valence-electron chi connectivity index (χ1n) is 8.62. The van der Waals surface area contributed by atoms with Crippen molar-refractivity contribution in [2.24, 2.45) is 0 Å². The van der Waals surface area contributed by atoms with E-state index in [0.29, 0.717) is 24.7 Å². The normalized spacial score (nSPS) is 17.7. The maximum absolute atomic E-state index is 12.6. The van der Waals surface area contributed by atoms with E-state index < -0.39 is 0 Å². The predicted molar refractivity (Wildman–Crippen MR) is 93.0 cm³/mol. The van der Waals surface area contributed by atoms with Gasteiger partial charge in [-0.05, 0) is 12.8 Å². The zero-order valence-corrected chi connectivity index (χ0v) is 14.6. The van der Waals surface area contributed by atoms with Gasteiger partial charge in [0.1, 0.15) is 5.76 Å². The number of anilines is 2. The van der Waals surface area contributed by atoms with Crippen LogP contribution in [0.3, 0.4) is 0 Å². The fourth-order valence-electron chi connectivity index (χ4n) is 3.00. The van der Waals surface area contributed by atoms with Crippen LogP contribution >= 0.6 is 0 Å². The second kappa shape index (κ2) is 6.34. The molecule has 2 aromatic heterocycles. The molecule has 1 aliphatic heterocycles. The van der Waals surface area contributed by atoms with Crippen molar-refractivity contribution in [3.8, 4) is 0 Å². The molecule has 0 unspecified atom stereocenters. The van der Waals surface area contributed by atoms with Gasteiger partial charge in [-0.25, -0.2) is 0 Å². The number of aromatic nitrogens is 3. The van der Waals surface area contributed by atoms with Crippen molar-refractivity contribution in [2.75, 3.05) is 50.1 Å². The fourth-order valence-corrected chi connectivity index (χ4v) is 3.00. The van der Waals surface area contributed by atoms with Crippen molar-refractivity contribution >= 4 is 17.4 Å². The van der Waals surface area contributed by atoms with Gasteiger partial charge in [0, 0.05) is 58.3 Å². The van der Waals surface area contributed by atoms with E-state index in [0.717, 1.165) is 43.2 Å². The first-order valence-corrected chi connectivity index (χ1v) is 8.62. The van der Waals surface area contributed by atoms with Crippen LogP contribution in [0.15, 0.2) is 22.9 Å². The lowest BCUT2D eigenvalue weighted by Crippen LogP contribution is -2.49. The van der Waals surface area contributed by atoms with Gasteiger partial charge < -0.3 is 19.2 Å². The van der Waals surface area contributed by atoms with Crippen LogP contribution in [0.1, 0.15) is 35.0 Å². The molecule has 25 heavy (non-hydrogen) atoms. The zero-order valence-electron chi connectivity index (χ0n) is 14.6. The average molecular weight is 342 g/mol. The molecule has 1 saturated carbocycles. The fraction of sp³-hybridized carbons (Fsp3) is 0.529. The third-order valence-corrected chi connectivity index (χ3v) is 4.76. The van der Waals surface area contributed by atoms with Crippen LogP contribution in [0.2, 0.25) is 0 Å². The molecule has 4 rings (SSSR count). The van der Waals surface area contributed by atoms with Gasteiger partial charge in [-0.1, -0.05) is 5.16 Å². The van der Waals surface area contributed by atoms with Gasteiger partial charge in [0.05, 0.1) is 11.9 Å². The molecule has 2 aliphatic rings. The molecule has 0 spiro atoms. The lowest BCUT2D eigenvalue weighted by molar-refractivity contribution is 0.0736. The second-order valence-electron chi connectivity index (χ2n) is 6.83. The highest BCUT2D eigenvalue weighted by molar-refractivity contribution is 5.92. The molecular formula is C17H22N6O2. The van der Waals surface area contributed by atoms with Crippen molar-refractivity contribution in [2.45, 2.75) is 18.8 Å². The van der Waals surface area contributed by atoms with Crippen LogP contribution in [0.4, 0.5) is 11.5 Å². The van der Waals surface area contributed by atoms with Crippen molar-refractivity contribution in [3.05, 3.63) is 29.8 Å². The molecule has 132 valence electrons. The summed E-state index contributed by atoms with van der Waals surface area (Å²) in [6.07, 6.45) is 4.01. The monoisotopic (exact) mass is 342 g/mol. The largest absolute Gasteiger partial charge is 0.376 e. The summed E-state index contributed by atoms with van der Waals surface area (Å²) in [6, 6.07) is 3.82. The maximum Gasteiger partial charge on any atom is 0.276 e. The molecule has 0 atom stereocenters. The van der Waals surface area contributed by atoms with Crippen LogP contribution in [-0.2, 0) is 0 Å². The van der Waals surface area contributed by atoms with Crippen molar-refractivity contribution in [3.63, 3.8) is 0 Å². The SMILES string of the molecule is CN(C)c1cnnc(N2CCN(C(=O)c3cc(C4CC4)on3)CC2)c1. The highest BCUT2D eigenvalue weighted by Crippen LogP contribution is 2.40. The van der Waals surface area contributed by atoms with E-state index in [-0.39, 0.29) is 5.91 Å². The number of amides is 1. The van der Waals surface area contributed by atoms with E-state index in [1.807, 2.05) is 30.0 Å².